The fraction of sp³-hybridized carbons (Fsp3) is 1.00. The normalized spacial score (nSPS) is 13.3. The molecule has 0 aliphatic heterocycles. The number of sulfonamides is 1. The second kappa shape index (κ2) is 4.20. The van der Waals surface area contributed by atoms with Gasteiger partial charge in [-0.25, -0.2) is 13.1 Å². The Hall–Kier alpha value is -0.130. The molecule has 0 spiro atoms. The molecule has 0 heterocycles. The molecule has 12 heavy (non-hydrogen) atoms. The molecule has 0 rings (SSSR count). The van der Waals surface area contributed by atoms with Crippen molar-refractivity contribution in [3.63, 3.8) is 0 Å². The van der Waals surface area contributed by atoms with Gasteiger partial charge in [-0.05, 0) is 12.8 Å². The molecule has 0 aliphatic rings. The highest BCUT2D eigenvalue weighted by Crippen LogP contribution is 2.13. The summed E-state index contributed by atoms with van der Waals surface area (Å²) in [7, 11) is -3.15. The molecular weight excluding hydrogens is 176 g/mol. The first-order valence-electron chi connectivity index (χ1n) is 4.08. The molecule has 0 radical (unpaired) electrons. The van der Waals surface area contributed by atoms with E-state index in [1.165, 1.54) is 0 Å². The number of nitrogens with one attached hydrogen (secondary N) is 1. The minimum absolute atomic E-state index is 0.340. The molecule has 0 fully saturated rings. The molecule has 0 saturated heterocycles. The van der Waals surface area contributed by atoms with Crippen LogP contribution < -0.4 is 10.5 Å². The fourth-order valence-electron chi connectivity index (χ4n) is 1.12. The molecule has 0 atom stereocenters. The van der Waals surface area contributed by atoms with Gasteiger partial charge in [-0.1, -0.05) is 13.8 Å². The van der Waals surface area contributed by atoms with Gasteiger partial charge < -0.3 is 5.73 Å². The maximum atomic E-state index is 11.0. The summed E-state index contributed by atoms with van der Waals surface area (Å²) >= 11 is 0. The Labute approximate surface area is 74.6 Å². The smallest absolute Gasteiger partial charge is 0.209 e. The summed E-state index contributed by atoms with van der Waals surface area (Å²) in [5.41, 5.74) is 5.06. The average Bonchev–Trinajstić information content (AvgIpc) is 1.99. The van der Waals surface area contributed by atoms with Gasteiger partial charge in [-0.3, -0.25) is 0 Å². The van der Waals surface area contributed by atoms with Crippen molar-refractivity contribution >= 4 is 10.0 Å². The van der Waals surface area contributed by atoms with Crippen LogP contribution in [0.3, 0.4) is 0 Å². The molecule has 74 valence electrons. The fourth-order valence-corrected chi connectivity index (χ4v) is 2.28. The van der Waals surface area contributed by atoms with Crippen LogP contribution in [0.1, 0.15) is 26.7 Å². The SMILES string of the molecule is CCC(CC)(CN)NS(C)(=O)=O. The molecule has 0 bridgehead atoms. The third-order valence-corrected chi connectivity index (χ3v) is 2.95. The van der Waals surface area contributed by atoms with Crippen molar-refractivity contribution in [2.75, 3.05) is 12.8 Å². The predicted molar refractivity (Wildman–Crippen MR) is 50.3 cm³/mol. The van der Waals surface area contributed by atoms with Gasteiger partial charge in [-0.2, -0.15) is 0 Å². The van der Waals surface area contributed by atoms with E-state index in [9.17, 15) is 8.42 Å². The highest BCUT2D eigenvalue weighted by molar-refractivity contribution is 7.88. The summed E-state index contributed by atoms with van der Waals surface area (Å²) in [6.07, 6.45) is 2.59. The summed E-state index contributed by atoms with van der Waals surface area (Å²) in [5.74, 6) is 0. The zero-order chi connectivity index (χ0) is 9.83. The Kier molecular flexibility index (Phi) is 4.16. The molecule has 0 aromatic rings. The first kappa shape index (κ1) is 11.9. The number of nitrogens with two attached hydrogens (primary N) is 1. The Morgan fingerprint density at radius 3 is 1.83 bits per heavy atom. The van der Waals surface area contributed by atoms with Gasteiger partial charge in [0.2, 0.25) is 10.0 Å². The van der Waals surface area contributed by atoms with Crippen LogP contribution in [0, 0.1) is 0 Å². The number of hydrogen-bond acceptors (Lipinski definition) is 3. The van der Waals surface area contributed by atoms with Gasteiger partial charge >= 0.3 is 0 Å². The zero-order valence-electron chi connectivity index (χ0n) is 7.92. The van der Waals surface area contributed by atoms with Crippen molar-refractivity contribution in [2.45, 2.75) is 32.2 Å². The lowest BCUT2D eigenvalue weighted by Crippen LogP contribution is -2.52. The number of hydrogen-bond donors (Lipinski definition) is 2. The Bertz CT molecular complexity index is 211. The molecule has 4 nitrogen and oxygen atoms in total. The van der Waals surface area contributed by atoms with Gasteiger partial charge in [0.05, 0.1) is 6.26 Å². The number of rotatable bonds is 5. The lowest BCUT2D eigenvalue weighted by Gasteiger charge is -2.30. The topological polar surface area (TPSA) is 72.2 Å². The molecule has 0 aliphatic carbocycles. The minimum atomic E-state index is -3.15. The molecule has 0 unspecified atom stereocenters. The van der Waals surface area contributed by atoms with Crippen molar-refractivity contribution in [1.82, 2.24) is 4.72 Å². The third-order valence-electron chi connectivity index (χ3n) is 2.15. The molecular formula is C7H18N2O2S. The maximum absolute atomic E-state index is 11.0. The maximum Gasteiger partial charge on any atom is 0.209 e. The molecule has 0 amide bonds. The van der Waals surface area contributed by atoms with Gasteiger partial charge in [-0.15, -0.1) is 0 Å². The van der Waals surface area contributed by atoms with Crippen LogP contribution in [0.15, 0.2) is 0 Å². The molecule has 0 aromatic heterocycles. The lowest BCUT2D eigenvalue weighted by atomic mass is 9.95. The third kappa shape index (κ3) is 3.51. The summed E-state index contributed by atoms with van der Waals surface area (Å²) in [6, 6.07) is 0. The summed E-state index contributed by atoms with van der Waals surface area (Å²) in [6.45, 7) is 4.19. The van der Waals surface area contributed by atoms with E-state index in [1.54, 1.807) is 0 Å². The summed E-state index contributed by atoms with van der Waals surface area (Å²) < 4.78 is 24.5. The Morgan fingerprint density at radius 1 is 1.33 bits per heavy atom. The van der Waals surface area contributed by atoms with Crippen LogP contribution in [-0.2, 0) is 10.0 Å². The second-order valence-electron chi connectivity index (χ2n) is 3.07. The predicted octanol–water partition coefficient (Wildman–Crippen LogP) is 0.0531. The highest BCUT2D eigenvalue weighted by atomic mass is 32.2. The van der Waals surface area contributed by atoms with E-state index in [-0.39, 0.29) is 0 Å². The van der Waals surface area contributed by atoms with Crippen molar-refractivity contribution in [3.05, 3.63) is 0 Å². The Morgan fingerprint density at radius 2 is 1.75 bits per heavy atom. The van der Waals surface area contributed by atoms with Gasteiger partial charge in [0, 0.05) is 12.1 Å². The minimum Gasteiger partial charge on any atom is -0.329 e. The molecule has 5 heteroatoms. The first-order valence-corrected chi connectivity index (χ1v) is 5.97. The van der Waals surface area contributed by atoms with Crippen LogP contribution >= 0.6 is 0 Å². The standard InChI is InChI=1S/C7H18N2O2S/c1-4-7(5-2,6-8)9-12(3,10)11/h9H,4-6,8H2,1-3H3. The van der Waals surface area contributed by atoms with Crippen molar-refractivity contribution in [1.29, 1.82) is 0 Å². The van der Waals surface area contributed by atoms with E-state index in [4.69, 9.17) is 5.73 Å². The molecule has 3 N–H and O–H groups in total. The van der Waals surface area contributed by atoms with Gasteiger partial charge in [0.1, 0.15) is 0 Å². The highest BCUT2D eigenvalue weighted by Gasteiger charge is 2.27. The van der Waals surface area contributed by atoms with Crippen molar-refractivity contribution in [2.24, 2.45) is 5.73 Å². The van der Waals surface area contributed by atoms with Crippen LogP contribution in [0.2, 0.25) is 0 Å². The van der Waals surface area contributed by atoms with Crippen molar-refractivity contribution in [3.8, 4) is 0 Å². The largest absolute Gasteiger partial charge is 0.329 e. The zero-order valence-corrected chi connectivity index (χ0v) is 8.74. The van der Waals surface area contributed by atoms with E-state index in [1.807, 2.05) is 13.8 Å². The molecule has 0 saturated carbocycles. The van der Waals surface area contributed by atoms with E-state index < -0.39 is 15.6 Å². The van der Waals surface area contributed by atoms with Crippen LogP contribution in [-0.4, -0.2) is 26.8 Å². The first-order chi connectivity index (χ1) is 5.39. The van der Waals surface area contributed by atoms with E-state index in [0.717, 1.165) is 6.26 Å². The van der Waals surface area contributed by atoms with Crippen LogP contribution in [0.4, 0.5) is 0 Å². The summed E-state index contributed by atoms with van der Waals surface area (Å²) in [4.78, 5) is 0. The summed E-state index contributed by atoms with van der Waals surface area (Å²) in [5, 5.41) is 0. The van der Waals surface area contributed by atoms with E-state index in [0.29, 0.717) is 19.4 Å². The monoisotopic (exact) mass is 194 g/mol. The van der Waals surface area contributed by atoms with E-state index >= 15 is 0 Å². The van der Waals surface area contributed by atoms with Gasteiger partial charge in [0.25, 0.3) is 0 Å². The molecule has 0 aromatic carbocycles. The lowest BCUT2D eigenvalue weighted by molar-refractivity contribution is 0.364. The van der Waals surface area contributed by atoms with Crippen LogP contribution in [0.5, 0.6) is 0 Å². The second-order valence-corrected chi connectivity index (χ2v) is 4.81. The van der Waals surface area contributed by atoms with Gasteiger partial charge in [0.15, 0.2) is 0 Å². The Balaban J connectivity index is 4.52. The van der Waals surface area contributed by atoms with Crippen LogP contribution in [0.25, 0.3) is 0 Å². The van der Waals surface area contributed by atoms with Crippen molar-refractivity contribution < 1.29 is 8.42 Å². The average molecular weight is 194 g/mol. The quantitative estimate of drug-likeness (QED) is 0.649. The van der Waals surface area contributed by atoms with E-state index in [2.05, 4.69) is 4.72 Å².